The molecule has 2 aliphatic heterocycles. The number of hydrogen-bond acceptors (Lipinski definition) is 4. The standard InChI is InChI=1S/C19H38N2O2.C2H6/c1-4-10-20-12-8-19(9-13-20)17-21(14-16-23-19)11-6-5-7-15-22-18(2)3;1-2/h18H,4-17H2,1-3H3;1-2H3. The summed E-state index contributed by atoms with van der Waals surface area (Å²) >= 11 is 0. The van der Waals surface area contributed by atoms with Crippen LogP contribution in [0.25, 0.3) is 0 Å². The molecule has 1 spiro atoms. The van der Waals surface area contributed by atoms with Crippen LogP contribution in [0.2, 0.25) is 0 Å². The Bertz CT molecular complexity index is 315. The Labute approximate surface area is 157 Å². The lowest BCUT2D eigenvalue weighted by atomic mass is 9.89. The van der Waals surface area contributed by atoms with Gasteiger partial charge in [0.25, 0.3) is 0 Å². The molecule has 0 aromatic carbocycles. The Morgan fingerprint density at radius 3 is 2.32 bits per heavy atom. The van der Waals surface area contributed by atoms with Crippen molar-refractivity contribution in [1.82, 2.24) is 9.80 Å². The molecule has 2 aliphatic rings. The number of likely N-dealkylation sites (tertiary alicyclic amines) is 1. The van der Waals surface area contributed by atoms with Gasteiger partial charge in [0.2, 0.25) is 0 Å². The first-order valence-electron chi connectivity index (χ1n) is 10.8. The SMILES string of the molecule is CC.CCCN1CCC2(CC1)CN(CCCCCOC(C)C)CCO2. The molecule has 0 aromatic rings. The van der Waals surface area contributed by atoms with Crippen LogP contribution >= 0.6 is 0 Å². The molecule has 0 aromatic heterocycles. The normalized spacial score (nSPS) is 21.4. The summed E-state index contributed by atoms with van der Waals surface area (Å²) in [6.07, 6.45) is 7.83. The minimum absolute atomic E-state index is 0.156. The average molecular weight is 357 g/mol. The molecule has 0 aliphatic carbocycles. The van der Waals surface area contributed by atoms with Gasteiger partial charge in [0, 0.05) is 32.8 Å². The predicted octanol–water partition coefficient (Wildman–Crippen LogP) is 4.18. The van der Waals surface area contributed by atoms with E-state index in [9.17, 15) is 0 Å². The minimum atomic E-state index is 0.156. The molecule has 150 valence electrons. The van der Waals surface area contributed by atoms with Crippen molar-refractivity contribution in [2.24, 2.45) is 0 Å². The molecule has 4 heteroatoms. The van der Waals surface area contributed by atoms with Gasteiger partial charge in [0.1, 0.15) is 0 Å². The van der Waals surface area contributed by atoms with E-state index in [-0.39, 0.29) is 5.60 Å². The second-order valence-electron chi connectivity index (χ2n) is 7.63. The van der Waals surface area contributed by atoms with Crippen LogP contribution in [0.4, 0.5) is 0 Å². The number of piperidine rings is 1. The van der Waals surface area contributed by atoms with Gasteiger partial charge < -0.3 is 14.4 Å². The lowest BCUT2D eigenvalue weighted by molar-refractivity contribution is -0.135. The lowest BCUT2D eigenvalue weighted by Gasteiger charge is -2.47. The summed E-state index contributed by atoms with van der Waals surface area (Å²) < 4.78 is 11.9. The predicted molar refractivity (Wildman–Crippen MR) is 107 cm³/mol. The van der Waals surface area contributed by atoms with E-state index in [0.29, 0.717) is 6.10 Å². The minimum Gasteiger partial charge on any atom is -0.379 e. The number of hydrogen-bond donors (Lipinski definition) is 0. The largest absolute Gasteiger partial charge is 0.379 e. The average Bonchev–Trinajstić information content (AvgIpc) is 2.62. The molecule has 0 saturated carbocycles. The van der Waals surface area contributed by atoms with E-state index in [0.717, 1.165) is 26.3 Å². The topological polar surface area (TPSA) is 24.9 Å². The maximum Gasteiger partial charge on any atom is 0.0833 e. The van der Waals surface area contributed by atoms with Crippen molar-refractivity contribution in [2.45, 2.75) is 84.8 Å². The van der Waals surface area contributed by atoms with Crippen molar-refractivity contribution in [2.75, 3.05) is 52.5 Å². The third kappa shape index (κ3) is 8.85. The molecule has 2 fully saturated rings. The van der Waals surface area contributed by atoms with Gasteiger partial charge >= 0.3 is 0 Å². The molecular formula is C21H44N2O2. The molecule has 2 heterocycles. The Hall–Kier alpha value is -0.160. The fourth-order valence-corrected chi connectivity index (χ4v) is 3.85. The molecule has 0 radical (unpaired) electrons. The highest BCUT2D eigenvalue weighted by atomic mass is 16.5. The quantitative estimate of drug-likeness (QED) is 0.579. The number of unbranched alkanes of at least 4 members (excludes halogenated alkanes) is 2. The summed E-state index contributed by atoms with van der Waals surface area (Å²) in [7, 11) is 0. The van der Waals surface area contributed by atoms with Crippen molar-refractivity contribution in [1.29, 1.82) is 0 Å². The van der Waals surface area contributed by atoms with Crippen LogP contribution in [0.15, 0.2) is 0 Å². The number of ether oxygens (including phenoxy) is 2. The highest BCUT2D eigenvalue weighted by molar-refractivity contribution is 4.92. The van der Waals surface area contributed by atoms with E-state index in [1.807, 2.05) is 13.8 Å². The first kappa shape index (κ1) is 22.9. The molecule has 2 saturated heterocycles. The van der Waals surface area contributed by atoms with E-state index in [2.05, 4.69) is 30.6 Å². The molecule has 0 bridgehead atoms. The first-order chi connectivity index (χ1) is 12.1. The van der Waals surface area contributed by atoms with E-state index in [4.69, 9.17) is 9.47 Å². The van der Waals surface area contributed by atoms with Crippen LogP contribution in [-0.4, -0.2) is 74.0 Å². The van der Waals surface area contributed by atoms with Gasteiger partial charge in [-0.15, -0.1) is 0 Å². The second kappa shape index (κ2) is 13.1. The fraction of sp³-hybridized carbons (Fsp3) is 1.00. The molecule has 4 nitrogen and oxygen atoms in total. The summed E-state index contributed by atoms with van der Waals surface area (Å²) in [5.41, 5.74) is 0.156. The van der Waals surface area contributed by atoms with Crippen molar-refractivity contribution in [3.63, 3.8) is 0 Å². The van der Waals surface area contributed by atoms with E-state index in [1.54, 1.807) is 0 Å². The summed E-state index contributed by atoms with van der Waals surface area (Å²) in [6, 6.07) is 0. The van der Waals surface area contributed by atoms with Gasteiger partial charge in [-0.25, -0.2) is 0 Å². The van der Waals surface area contributed by atoms with E-state index >= 15 is 0 Å². The zero-order chi connectivity index (χ0) is 18.5. The molecule has 25 heavy (non-hydrogen) atoms. The zero-order valence-electron chi connectivity index (χ0n) is 17.7. The molecule has 2 rings (SSSR count). The highest BCUT2D eigenvalue weighted by Crippen LogP contribution is 2.30. The Morgan fingerprint density at radius 1 is 0.960 bits per heavy atom. The third-order valence-electron chi connectivity index (χ3n) is 5.20. The summed E-state index contributed by atoms with van der Waals surface area (Å²) in [5.74, 6) is 0. The van der Waals surface area contributed by atoms with Crippen molar-refractivity contribution >= 4 is 0 Å². The van der Waals surface area contributed by atoms with E-state index < -0.39 is 0 Å². The van der Waals surface area contributed by atoms with Crippen LogP contribution in [0.3, 0.4) is 0 Å². The Balaban J connectivity index is 0.00000151. The number of nitrogens with zero attached hydrogens (tertiary/aromatic N) is 2. The van der Waals surface area contributed by atoms with Crippen LogP contribution in [-0.2, 0) is 9.47 Å². The van der Waals surface area contributed by atoms with Gasteiger partial charge in [-0.1, -0.05) is 20.8 Å². The zero-order valence-corrected chi connectivity index (χ0v) is 17.7. The summed E-state index contributed by atoms with van der Waals surface area (Å²) in [5, 5.41) is 0. The Morgan fingerprint density at radius 2 is 1.68 bits per heavy atom. The van der Waals surface area contributed by atoms with Crippen LogP contribution in [0, 0.1) is 0 Å². The van der Waals surface area contributed by atoms with Crippen molar-refractivity contribution in [3.05, 3.63) is 0 Å². The summed E-state index contributed by atoms with van der Waals surface area (Å²) in [4.78, 5) is 5.24. The van der Waals surface area contributed by atoms with E-state index in [1.165, 1.54) is 64.7 Å². The van der Waals surface area contributed by atoms with Gasteiger partial charge in [-0.2, -0.15) is 0 Å². The molecule has 0 N–H and O–H groups in total. The molecule has 0 unspecified atom stereocenters. The molecule has 0 amide bonds. The van der Waals surface area contributed by atoms with Crippen molar-refractivity contribution < 1.29 is 9.47 Å². The first-order valence-corrected chi connectivity index (χ1v) is 10.8. The second-order valence-corrected chi connectivity index (χ2v) is 7.63. The summed E-state index contributed by atoms with van der Waals surface area (Å²) in [6.45, 7) is 19.5. The van der Waals surface area contributed by atoms with Crippen LogP contribution < -0.4 is 0 Å². The fourth-order valence-electron chi connectivity index (χ4n) is 3.85. The maximum atomic E-state index is 6.25. The van der Waals surface area contributed by atoms with Gasteiger partial charge in [0.15, 0.2) is 0 Å². The highest BCUT2D eigenvalue weighted by Gasteiger charge is 2.39. The van der Waals surface area contributed by atoms with Crippen LogP contribution in [0.1, 0.15) is 73.1 Å². The number of morpholine rings is 1. The maximum absolute atomic E-state index is 6.25. The van der Waals surface area contributed by atoms with Gasteiger partial charge in [0.05, 0.1) is 18.3 Å². The lowest BCUT2D eigenvalue weighted by Crippen LogP contribution is -2.57. The van der Waals surface area contributed by atoms with Crippen LogP contribution in [0.5, 0.6) is 0 Å². The monoisotopic (exact) mass is 356 g/mol. The molecule has 0 atom stereocenters. The van der Waals surface area contributed by atoms with Crippen molar-refractivity contribution in [3.8, 4) is 0 Å². The molecular weight excluding hydrogens is 312 g/mol. The van der Waals surface area contributed by atoms with Gasteiger partial charge in [-0.05, 0) is 65.5 Å². The third-order valence-corrected chi connectivity index (χ3v) is 5.20. The Kier molecular flexibility index (Phi) is 12.0. The van der Waals surface area contributed by atoms with Gasteiger partial charge in [-0.3, -0.25) is 4.90 Å². The smallest absolute Gasteiger partial charge is 0.0833 e. The number of rotatable bonds is 9.